The van der Waals surface area contributed by atoms with Gasteiger partial charge in [-0.15, -0.1) is 0 Å². The van der Waals surface area contributed by atoms with Gasteiger partial charge in [-0.3, -0.25) is 9.59 Å². The summed E-state index contributed by atoms with van der Waals surface area (Å²) in [6.07, 6.45) is 6.06. The van der Waals surface area contributed by atoms with Gasteiger partial charge in [0, 0.05) is 39.0 Å². The second-order valence-electron chi connectivity index (χ2n) is 10.1. The number of carbonyl (C=O) groups excluding carboxylic acids is 1. The quantitative estimate of drug-likeness (QED) is 0.434. The highest BCUT2D eigenvalue weighted by Gasteiger charge is 2.29. The molecule has 8 nitrogen and oxygen atoms in total. The zero-order valence-corrected chi connectivity index (χ0v) is 20.4. The van der Waals surface area contributed by atoms with E-state index in [0.29, 0.717) is 28.9 Å². The van der Waals surface area contributed by atoms with Crippen molar-refractivity contribution in [3.8, 4) is 17.2 Å². The molecular weight excluding hydrogens is 456 g/mol. The standard InChI is InChI=1S/C28H32N4O4/c33-18-19-6-5-14-31(16-19)23-10-9-20-25-27(23)36-24-8-2-1-7-22(24)32(25)17-21(26(20)34)28(35)29-11-15-30-12-3-4-13-30/h1-2,7-10,17,19,33H,3-6,11-16,18H2,(H,29,35). The summed E-state index contributed by atoms with van der Waals surface area (Å²) >= 11 is 0. The van der Waals surface area contributed by atoms with Crippen LogP contribution in [0.5, 0.6) is 11.5 Å². The van der Waals surface area contributed by atoms with Gasteiger partial charge in [-0.1, -0.05) is 12.1 Å². The molecule has 1 unspecified atom stereocenters. The van der Waals surface area contributed by atoms with Crippen molar-refractivity contribution in [2.75, 3.05) is 50.8 Å². The molecule has 2 saturated heterocycles. The lowest BCUT2D eigenvalue weighted by molar-refractivity contribution is 0.0948. The Hall–Kier alpha value is -3.36. The van der Waals surface area contributed by atoms with Crippen molar-refractivity contribution in [3.63, 3.8) is 0 Å². The Kier molecular flexibility index (Phi) is 6.15. The fourth-order valence-corrected chi connectivity index (χ4v) is 5.80. The molecule has 6 rings (SSSR count). The summed E-state index contributed by atoms with van der Waals surface area (Å²) in [7, 11) is 0. The molecule has 0 bridgehead atoms. The molecular formula is C28H32N4O4. The van der Waals surface area contributed by atoms with Gasteiger partial charge in [-0.05, 0) is 69.0 Å². The number of hydrogen-bond acceptors (Lipinski definition) is 6. The summed E-state index contributed by atoms with van der Waals surface area (Å²) in [5.74, 6) is 1.18. The van der Waals surface area contributed by atoms with E-state index in [9.17, 15) is 14.7 Å². The topological polar surface area (TPSA) is 87.0 Å². The third-order valence-corrected chi connectivity index (χ3v) is 7.71. The van der Waals surface area contributed by atoms with Crippen molar-refractivity contribution in [1.82, 2.24) is 14.8 Å². The van der Waals surface area contributed by atoms with Crippen molar-refractivity contribution in [2.24, 2.45) is 5.92 Å². The Morgan fingerprint density at radius 3 is 2.72 bits per heavy atom. The average molecular weight is 489 g/mol. The summed E-state index contributed by atoms with van der Waals surface area (Å²) in [6.45, 7) is 5.20. The maximum atomic E-state index is 13.5. The van der Waals surface area contributed by atoms with Crippen molar-refractivity contribution in [2.45, 2.75) is 25.7 Å². The van der Waals surface area contributed by atoms with Crippen LogP contribution < -0.4 is 20.4 Å². The zero-order chi connectivity index (χ0) is 24.6. The molecule has 1 atom stereocenters. The first-order chi connectivity index (χ1) is 17.6. The lowest BCUT2D eigenvalue weighted by atomic mass is 9.97. The van der Waals surface area contributed by atoms with Crippen LogP contribution in [-0.4, -0.2) is 66.4 Å². The molecule has 3 aromatic rings. The molecule has 2 N–H and O–H groups in total. The van der Waals surface area contributed by atoms with Crippen LogP contribution >= 0.6 is 0 Å². The van der Waals surface area contributed by atoms with Crippen LogP contribution in [-0.2, 0) is 0 Å². The third kappa shape index (κ3) is 4.04. The van der Waals surface area contributed by atoms with Crippen molar-refractivity contribution in [1.29, 1.82) is 0 Å². The molecule has 3 aliphatic rings. The minimum Gasteiger partial charge on any atom is -0.451 e. The first kappa shape index (κ1) is 23.1. The van der Waals surface area contributed by atoms with Gasteiger partial charge in [0.25, 0.3) is 5.91 Å². The number of anilines is 1. The van der Waals surface area contributed by atoms with Gasteiger partial charge in [0.2, 0.25) is 5.43 Å². The van der Waals surface area contributed by atoms with Gasteiger partial charge < -0.3 is 29.5 Å². The van der Waals surface area contributed by atoms with Gasteiger partial charge in [0.05, 0.1) is 16.8 Å². The highest BCUT2D eigenvalue weighted by molar-refractivity contribution is 6.01. The number of amides is 1. The summed E-state index contributed by atoms with van der Waals surface area (Å²) in [6, 6.07) is 11.4. The largest absolute Gasteiger partial charge is 0.451 e. The van der Waals surface area contributed by atoms with Gasteiger partial charge in [0.15, 0.2) is 11.5 Å². The highest BCUT2D eigenvalue weighted by Crippen LogP contribution is 2.45. The number of piperidine rings is 1. The molecule has 2 fully saturated rings. The fraction of sp³-hybridized carbons (Fsp3) is 0.429. The number of aliphatic hydroxyl groups excluding tert-OH is 1. The second-order valence-corrected chi connectivity index (χ2v) is 10.1. The van der Waals surface area contributed by atoms with Gasteiger partial charge in [-0.2, -0.15) is 0 Å². The van der Waals surface area contributed by atoms with Crippen LogP contribution in [0.2, 0.25) is 0 Å². The Balaban J connectivity index is 1.41. The number of carbonyl (C=O) groups is 1. The number of nitrogens with one attached hydrogen (secondary N) is 1. The Bertz CT molecular complexity index is 1360. The number of benzene rings is 2. The molecule has 4 heterocycles. The van der Waals surface area contributed by atoms with E-state index in [1.165, 1.54) is 12.8 Å². The fourth-order valence-electron chi connectivity index (χ4n) is 5.80. The lowest BCUT2D eigenvalue weighted by Crippen LogP contribution is -2.37. The number of para-hydroxylation sites is 2. The molecule has 0 saturated carbocycles. The number of rotatable bonds is 6. The maximum Gasteiger partial charge on any atom is 0.256 e. The molecule has 0 radical (unpaired) electrons. The van der Waals surface area contributed by atoms with Gasteiger partial charge >= 0.3 is 0 Å². The SMILES string of the molecule is O=C(NCCN1CCCC1)c1cn2c3c(c(N4CCCC(CO)C4)ccc3c1=O)Oc1ccccc1-2. The van der Waals surface area contributed by atoms with Crippen LogP contribution in [0.25, 0.3) is 16.6 Å². The van der Waals surface area contributed by atoms with Crippen LogP contribution in [0.4, 0.5) is 5.69 Å². The summed E-state index contributed by atoms with van der Waals surface area (Å²) in [5.41, 5.74) is 2.23. The highest BCUT2D eigenvalue weighted by atomic mass is 16.5. The van der Waals surface area contributed by atoms with E-state index in [4.69, 9.17) is 4.74 Å². The molecule has 36 heavy (non-hydrogen) atoms. The smallest absolute Gasteiger partial charge is 0.256 e. The third-order valence-electron chi connectivity index (χ3n) is 7.71. The van der Waals surface area contributed by atoms with Crippen molar-refractivity contribution >= 4 is 22.5 Å². The number of likely N-dealkylation sites (tertiary alicyclic amines) is 1. The predicted molar refractivity (Wildman–Crippen MR) is 140 cm³/mol. The van der Waals surface area contributed by atoms with E-state index in [1.54, 1.807) is 6.20 Å². The molecule has 0 spiro atoms. The number of nitrogens with zero attached hydrogens (tertiary/aromatic N) is 3. The number of pyridine rings is 1. The zero-order valence-electron chi connectivity index (χ0n) is 20.4. The molecule has 2 aromatic carbocycles. The van der Waals surface area contributed by atoms with Gasteiger partial charge in [0.1, 0.15) is 11.1 Å². The molecule has 0 aliphatic carbocycles. The summed E-state index contributed by atoms with van der Waals surface area (Å²) < 4.78 is 8.34. The lowest BCUT2D eigenvalue weighted by Gasteiger charge is -2.36. The number of fused-ring (bicyclic) bond motifs is 2. The Morgan fingerprint density at radius 1 is 1.06 bits per heavy atom. The molecule has 3 aliphatic heterocycles. The minimum absolute atomic E-state index is 0.137. The number of aromatic nitrogens is 1. The van der Waals surface area contributed by atoms with E-state index in [1.807, 2.05) is 41.0 Å². The van der Waals surface area contributed by atoms with Crippen LogP contribution in [0.1, 0.15) is 36.0 Å². The molecule has 8 heteroatoms. The summed E-state index contributed by atoms with van der Waals surface area (Å²) in [4.78, 5) is 31.3. The first-order valence-electron chi connectivity index (χ1n) is 13.0. The Labute approximate surface area is 210 Å². The predicted octanol–water partition coefficient (Wildman–Crippen LogP) is 3.13. The van der Waals surface area contributed by atoms with E-state index in [2.05, 4.69) is 15.1 Å². The van der Waals surface area contributed by atoms with Gasteiger partial charge in [-0.25, -0.2) is 0 Å². The van der Waals surface area contributed by atoms with Crippen LogP contribution in [0.15, 0.2) is 47.4 Å². The van der Waals surface area contributed by atoms with E-state index >= 15 is 0 Å². The van der Waals surface area contributed by atoms with Crippen LogP contribution in [0.3, 0.4) is 0 Å². The number of ether oxygens (including phenoxy) is 1. The second kappa shape index (κ2) is 9.59. The molecule has 1 aromatic heterocycles. The van der Waals surface area contributed by atoms with E-state index < -0.39 is 0 Å². The maximum absolute atomic E-state index is 13.5. The van der Waals surface area contributed by atoms with Crippen LogP contribution in [0, 0.1) is 5.92 Å². The molecule has 1 amide bonds. The molecule has 188 valence electrons. The monoisotopic (exact) mass is 488 g/mol. The number of aliphatic hydroxyl groups is 1. The van der Waals surface area contributed by atoms with Crippen molar-refractivity contribution < 1.29 is 14.6 Å². The normalized spacial score (nSPS) is 19.2. The van der Waals surface area contributed by atoms with E-state index in [-0.39, 0.29) is 29.4 Å². The Morgan fingerprint density at radius 2 is 1.89 bits per heavy atom. The average Bonchev–Trinajstić information content (AvgIpc) is 3.43. The number of hydrogen-bond donors (Lipinski definition) is 2. The van der Waals surface area contributed by atoms with Crippen molar-refractivity contribution in [3.05, 3.63) is 58.4 Å². The first-order valence-corrected chi connectivity index (χ1v) is 13.0. The van der Waals surface area contributed by atoms with E-state index in [0.717, 1.165) is 56.9 Å². The minimum atomic E-state index is -0.346. The summed E-state index contributed by atoms with van der Waals surface area (Å²) in [5, 5.41) is 13.2.